The van der Waals surface area contributed by atoms with Crippen molar-refractivity contribution in [2.45, 2.75) is 6.92 Å². The van der Waals surface area contributed by atoms with Gasteiger partial charge in [-0.3, -0.25) is 4.79 Å². The predicted molar refractivity (Wildman–Crippen MR) is 98.3 cm³/mol. The SMILES string of the molecule is COC(=O)C1=C(C(=O)OC)N(c2ccc3sc(NC(C)=O)nc3c2)COC1. The molecule has 0 atom stereocenters. The third kappa shape index (κ3) is 3.76. The number of nitrogens with one attached hydrogen (secondary N) is 1. The van der Waals surface area contributed by atoms with Gasteiger partial charge < -0.3 is 24.4 Å². The Balaban J connectivity index is 2.05. The van der Waals surface area contributed by atoms with Crippen molar-refractivity contribution >= 4 is 50.2 Å². The first-order valence-corrected chi connectivity index (χ1v) is 8.69. The van der Waals surface area contributed by atoms with Gasteiger partial charge in [-0.1, -0.05) is 11.3 Å². The Morgan fingerprint density at radius 1 is 1.22 bits per heavy atom. The number of aromatic nitrogens is 1. The number of hydrogen-bond acceptors (Lipinski definition) is 9. The van der Waals surface area contributed by atoms with Crippen LogP contribution < -0.4 is 10.2 Å². The lowest BCUT2D eigenvalue weighted by molar-refractivity contribution is -0.140. The van der Waals surface area contributed by atoms with Crippen molar-refractivity contribution < 1.29 is 28.6 Å². The van der Waals surface area contributed by atoms with Crippen molar-refractivity contribution in [1.29, 1.82) is 0 Å². The molecular formula is C17H17N3O6S. The van der Waals surface area contributed by atoms with Crippen molar-refractivity contribution in [3.8, 4) is 0 Å². The molecule has 1 aromatic carbocycles. The molecule has 27 heavy (non-hydrogen) atoms. The number of benzene rings is 1. The zero-order chi connectivity index (χ0) is 19.6. The third-order valence-corrected chi connectivity index (χ3v) is 4.75. The molecule has 10 heteroatoms. The molecule has 1 aromatic heterocycles. The summed E-state index contributed by atoms with van der Waals surface area (Å²) in [5.41, 5.74) is 1.36. The number of methoxy groups -OCH3 is 2. The van der Waals surface area contributed by atoms with E-state index in [1.807, 2.05) is 6.07 Å². The molecule has 0 spiro atoms. The summed E-state index contributed by atoms with van der Waals surface area (Å²) < 4.78 is 15.9. The van der Waals surface area contributed by atoms with Crippen LogP contribution in [-0.2, 0) is 28.6 Å². The molecule has 0 radical (unpaired) electrons. The lowest BCUT2D eigenvalue weighted by Crippen LogP contribution is -2.38. The summed E-state index contributed by atoms with van der Waals surface area (Å²) in [6, 6.07) is 5.32. The van der Waals surface area contributed by atoms with Crippen LogP contribution in [0.4, 0.5) is 10.8 Å². The fourth-order valence-corrected chi connectivity index (χ4v) is 3.53. The minimum atomic E-state index is -0.670. The van der Waals surface area contributed by atoms with Crippen LogP contribution in [0.25, 0.3) is 10.2 Å². The molecular weight excluding hydrogens is 374 g/mol. The second-order valence-corrected chi connectivity index (χ2v) is 6.60. The number of carbonyl (C=O) groups excluding carboxylic acids is 3. The molecule has 0 bridgehead atoms. The first-order valence-electron chi connectivity index (χ1n) is 7.87. The Kier molecular flexibility index (Phi) is 5.38. The molecule has 0 saturated heterocycles. The lowest BCUT2D eigenvalue weighted by atomic mass is 10.1. The first-order chi connectivity index (χ1) is 12.9. The molecule has 142 valence electrons. The van der Waals surface area contributed by atoms with Crippen LogP contribution in [0.3, 0.4) is 0 Å². The van der Waals surface area contributed by atoms with E-state index >= 15 is 0 Å². The second-order valence-electron chi connectivity index (χ2n) is 5.57. The van der Waals surface area contributed by atoms with E-state index in [2.05, 4.69) is 10.3 Å². The van der Waals surface area contributed by atoms with Crippen molar-refractivity contribution in [2.24, 2.45) is 0 Å². The van der Waals surface area contributed by atoms with Crippen molar-refractivity contribution in [1.82, 2.24) is 4.98 Å². The zero-order valence-electron chi connectivity index (χ0n) is 14.9. The Morgan fingerprint density at radius 2 is 1.96 bits per heavy atom. The minimum Gasteiger partial charge on any atom is -0.466 e. The monoisotopic (exact) mass is 391 g/mol. The number of thiazole rings is 1. The van der Waals surface area contributed by atoms with Gasteiger partial charge in [0.1, 0.15) is 12.4 Å². The van der Waals surface area contributed by atoms with Gasteiger partial charge >= 0.3 is 11.9 Å². The Bertz CT molecular complexity index is 951. The number of nitrogens with zero attached hydrogens (tertiary/aromatic N) is 2. The van der Waals surface area contributed by atoms with E-state index in [9.17, 15) is 14.4 Å². The van der Waals surface area contributed by atoms with Crippen LogP contribution in [0.15, 0.2) is 29.5 Å². The average Bonchev–Trinajstić information content (AvgIpc) is 3.06. The maximum atomic E-state index is 12.3. The summed E-state index contributed by atoms with van der Waals surface area (Å²) in [6.07, 6.45) is 0. The van der Waals surface area contributed by atoms with Gasteiger partial charge in [0, 0.05) is 12.6 Å². The summed E-state index contributed by atoms with van der Waals surface area (Å²) in [6.45, 7) is 1.41. The van der Waals surface area contributed by atoms with Gasteiger partial charge in [-0.25, -0.2) is 14.6 Å². The van der Waals surface area contributed by atoms with E-state index in [0.29, 0.717) is 16.3 Å². The van der Waals surface area contributed by atoms with Crippen LogP contribution in [-0.4, -0.2) is 50.4 Å². The number of rotatable bonds is 4. The highest BCUT2D eigenvalue weighted by Crippen LogP contribution is 2.32. The van der Waals surface area contributed by atoms with E-state index in [-0.39, 0.29) is 30.5 Å². The smallest absolute Gasteiger partial charge is 0.355 e. The Morgan fingerprint density at radius 3 is 2.63 bits per heavy atom. The number of ether oxygens (including phenoxy) is 3. The number of fused-ring (bicyclic) bond motifs is 1. The van der Waals surface area contributed by atoms with Crippen LogP contribution in [0, 0.1) is 0 Å². The topological polar surface area (TPSA) is 107 Å². The molecule has 0 aliphatic carbocycles. The molecule has 3 rings (SSSR count). The largest absolute Gasteiger partial charge is 0.466 e. The fraction of sp³-hybridized carbons (Fsp3) is 0.294. The van der Waals surface area contributed by atoms with Crippen LogP contribution in [0.1, 0.15) is 6.92 Å². The summed E-state index contributed by atoms with van der Waals surface area (Å²) in [4.78, 5) is 41.5. The molecule has 0 unspecified atom stereocenters. The highest BCUT2D eigenvalue weighted by atomic mass is 32.1. The molecule has 0 fully saturated rings. The Hall–Kier alpha value is -2.98. The first kappa shape index (κ1) is 18.8. The van der Waals surface area contributed by atoms with Crippen LogP contribution >= 0.6 is 11.3 Å². The summed E-state index contributed by atoms with van der Waals surface area (Å²) in [5, 5.41) is 3.12. The van der Waals surface area contributed by atoms with Gasteiger partial charge in [-0.2, -0.15) is 0 Å². The van der Waals surface area contributed by atoms with E-state index in [0.717, 1.165) is 4.70 Å². The molecule has 0 saturated carbocycles. The fourth-order valence-electron chi connectivity index (χ4n) is 2.64. The summed E-state index contributed by atoms with van der Waals surface area (Å²) in [7, 11) is 2.47. The average molecular weight is 391 g/mol. The maximum Gasteiger partial charge on any atom is 0.355 e. The highest BCUT2D eigenvalue weighted by Gasteiger charge is 2.32. The van der Waals surface area contributed by atoms with Gasteiger partial charge in [-0.05, 0) is 18.2 Å². The molecule has 9 nitrogen and oxygen atoms in total. The van der Waals surface area contributed by atoms with E-state index in [4.69, 9.17) is 14.2 Å². The number of carbonyl (C=O) groups is 3. The molecule has 1 aliphatic rings. The van der Waals surface area contributed by atoms with Gasteiger partial charge in [0.2, 0.25) is 5.91 Å². The lowest BCUT2D eigenvalue weighted by Gasteiger charge is -2.31. The third-order valence-electron chi connectivity index (χ3n) is 3.80. The molecule has 1 N–H and O–H groups in total. The van der Waals surface area contributed by atoms with Gasteiger partial charge in [0.25, 0.3) is 0 Å². The van der Waals surface area contributed by atoms with Gasteiger partial charge in [0.15, 0.2) is 5.13 Å². The zero-order valence-corrected chi connectivity index (χ0v) is 15.7. The van der Waals surface area contributed by atoms with E-state index in [1.54, 1.807) is 12.1 Å². The normalized spacial score (nSPS) is 14.3. The van der Waals surface area contributed by atoms with E-state index < -0.39 is 11.9 Å². The summed E-state index contributed by atoms with van der Waals surface area (Å²) >= 11 is 1.33. The molecule has 1 amide bonds. The molecule has 2 aromatic rings. The minimum absolute atomic E-state index is 0.0547. The van der Waals surface area contributed by atoms with Gasteiger partial charge in [0.05, 0.1) is 36.6 Å². The van der Waals surface area contributed by atoms with Crippen LogP contribution in [0.5, 0.6) is 0 Å². The second kappa shape index (κ2) is 7.72. The van der Waals surface area contributed by atoms with Crippen LogP contribution in [0.2, 0.25) is 0 Å². The Labute approximate surface area is 158 Å². The molecule has 2 heterocycles. The van der Waals surface area contributed by atoms with Gasteiger partial charge in [-0.15, -0.1) is 0 Å². The van der Waals surface area contributed by atoms with Crippen molar-refractivity contribution in [2.75, 3.05) is 37.8 Å². The summed E-state index contributed by atoms with van der Waals surface area (Å²) in [5.74, 6) is -1.55. The van der Waals surface area contributed by atoms with E-state index in [1.165, 1.54) is 37.4 Å². The number of anilines is 2. The highest BCUT2D eigenvalue weighted by molar-refractivity contribution is 7.22. The number of hydrogen-bond donors (Lipinski definition) is 1. The number of esters is 2. The van der Waals surface area contributed by atoms with Crippen molar-refractivity contribution in [3.05, 3.63) is 29.5 Å². The quantitative estimate of drug-likeness (QED) is 0.784. The standard InChI is InChI=1S/C17H17N3O6S/c1-9(21)18-17-19-12-6-10(4-5-13(12)27-17)20-8-26-7-11(15(22)24-2)14(20)16(23)25-3/h4-6H,7-8H2,1-3H3,(H,18,19,21). The number of amides is 1. The molecule has 1 aliphatic heterocycles. The maximum absolute atomic E-state index is 12.3. The van der Waals surface area contributed by atoms with Crippen molar-refractivity contribution in [3.63, 3.8) is 0 Å². The predicted octanol–water partition coefficient (Wildman–Crippen LogP) is 1.65.